The zero-order chi connectivity index (χ0) is 27.8. The van der Waals surface area contributed by atoms with Gasteiger partial charge in [0, 0.05) is 36.3 Å². The summed E-state index contributed by atoms with van der Waals surface area (Å²) in [6, 6.07) is 4.29. The Labute approximate surface area is 232 Å². The molecule has 0 bridgehead atoms. The molecule has 3 amide bonds. The molecule has 210 valence electrons. The fraction of sp³-hybridized carbons (Fsp3) is 0.500. The van der Waals surface area contributed by atoms with Crippen molar-refractivity contribution in [1.29, 1.82) is 0 Å². The van der Waals surface area contributed by atoms with Crippen LogP contribution in [-0.4, -0.2) is 64.5 Å². The number of nitrogens with two attached hydrogens (primary N) is 1. The molecule has 1 aromatic carbocycles. The van der Waals surface area contributed by atoms with Crippen LogP contribution in [0, 0.1) is 5.92 Å². The van der Waals surface area contributed by atoms with Gasteiger partial charge in [0.05, 0.1) is 36.1 Å². The van der Waals surface area contributed by atoms with Gasteiger partial charge in [-0.2, -0.15) is 5.10 Å². The number of ether oxygens (including phenoxy) is 1. The smallest absolute Gasteiger partial charge is 0.262 e. The van der Waals surface area contributed by atoms with Crippen LogP contribution in [0.1, 0.15) is 95.3 Å². The zero-order valence-corrected chi connectivity index (χ0v) is 22.5. The quantitative estimate of drug-likeness (QED) is 0.326. The highest BCUT2D eigenvalue weighted by atomic mass is 16.5. The van der Waals surface area contributed by atoms with Gasteiger partial charge in [-0.3, -0.25) is 24.0 Å². The molecule has 0 radical (unpaired) electrons. The number of carbonyl (C=O) groups is 4. The molecule has 1 atom stereocenters. The second-order valence-corrected chi connectivity index (χ2v) is 11.4. The molecule has 2 aromatic rings. The highest BCUT2D eigenvalue weighted by Gasteiger charge is 2.42. The van der Waals surface area contributed by atoms with Gasteiger partial charge in [0.25, 0.3) is 11.8 Å². The minimum atomic E-state index is -1.14. The van der Waals surface area contributed by atoms with Crippen LogP contribution < -0.4 is 11.1 Å². The highest BCUT2D eigenvalue weighted by molar-refractivity contribution is 6.23. The number of aromatic nitrogens is 2. The molecule has 1 aromatic heterocycles. The van der Waals surface area contributed by atoms with Gasteiger partial charge in [-0.05, 0) is 69.1 Å². The van der Waals surface area contributed by atoms with E-state index >= 15 is 0 Å². The van der Waals surface area contributed by atoms with Crippen molar-refractivity contribution < 1.29 is 23.9 Å². The van der Waals surface area contributed by atoms with Crippen molar-refractivity contribution in [3.8, 4) is 0 Å². The summed E-state index contributed by atoms with van der Waals surface area (Å²) in [6.07, 6.45) is 11.8. The minimum Gasteiger partial charge on any atom is -0.385 e. The molecule has 10 heteroatoms. The molecule has 2 aliphatic carbocycles. The maximum Gasteiger partial charge on any atom is 0.262 e. The first-order valence-corrected chi connectivity index (χ1v) is 14.3. The van der Waals surface area contributed by atoms with Crippen LogP contribution in [0.3, 0.4) is 0 Å². The van der Waals surface area contributed by atoms with Crippen molar-refractivity contribution in [2.45, 2.75) is 69.4 Å². The van der Waals surface area contributed by atoms with Gasteiger partial charge in [0.2, 0.25) is 5.91 Å². The molecule has 1 unspecified atom stereocenters. The minimum absolute atomic E-state index is 0.0184. The third-order valence-electron chi connectivity index (χ3n) is 8.54. The maximum absolute atomic E-state index is 13.0. The van der Waals surface area contributed by atoms with Crippen LogP contribution in [-0.2, 0) is 14.3 Å². The second-order valence-electron chi connectivity index (χ2n) is 11.4. The normalized spacial score (nSPS) is 23.0. The van der Waals surface area contributed by atoms with Crippen molar-refractivity contribution in [2.75, 3.05) is 25.1 Å². The molecule has 1 saturated heterocycles. The third kappa shape index (κ3) is 5.20. The summed E-state index contributed by atoms with van der Waals surface area (Å²) in [7, 11) is 0. The van der Waals surface area contributed by atoms with Gasteiger partial charge < -0.3 is 20.6 Å². The standard InChI is InChI=1S/C30H35N5O5/c31-28(37)26(2-1-9-36)35-29(38)24-6-5-22(15-25(24)30(35)39)32-16-19-13-23(14-19)34-17-21(27(33-34)20-3-4-20)12-18-7-10-40-11-8-18/h5-6,9,12,15,17,19-20,23,26,32H,1-4,7-8,10-11,13-14,16H2,(H2,31,37). The summed E-state index contributed by atoms with van der Waals surface area (Å²) in [4.78, 5) is 49.5. The number of primary amides is 1. The van der Waals surface area contributed by atoms with E-state index in [-0.39, 0.29) is 24.0 Å². The number of fused-ring (bicyclic) bond motifs is 1. The number of carbonyl (C=O) groups excluding carboxylic acids is 4. The van der Waals surface area contributed by atoms with Crippen LogP contribution in [0.15, 0.2) is 30.0 Å². The Hall–Kier alpha value is -3.79. The van der Waals surface area contributed by atoms with Gasteiger partial charge >= 0.3 is 0 Å². The van der Waals surface area contributed by atoms with Crippen molar-refractivity contribution in [3.63, 3.8) is 0 Å². The van der Waals surface area contributed by atoms with Crippen LogP contribution in [0.4, 0.5) is 5.69 Å². The number of nitrogens with zero attached hydrogens (tertiary/aromatic N) is 3. The molecule has 2 aliphatic heterocycles. The lowest BCUT2D eigenvalue weighted by atomic mass is 9.80. The number of hydrogen-bond donors (Lipinski definition) is 2. The molecular formula is C30H35N5O5. The van der Waals surface area contributed by atoms with Crippen molar-refractivity contribution >= 4 is 35.8 Å². The van der Waals surface area contributed by atoms with Gasteiger partial charge in [0.1, 0.15) is 12.3 Å². The summed E-state index contributed by atoms with van der Waals surface area (Å²) < 4.78 is 7.67. The average molecular weight is 546 g/mol. The number of aldehydes is 1. The Morgan fingerprint density at radius 2 is 1.90 bits per heavy atom. The lowest BCUT2D eigenvalue weighted by Crippen LogP contribution is -2.47. The number of nitrogens with one attached hydrogen (secondary N) is 1. The molecule has 6 rings (SSSR count). The summed E-state index contributed by atoms with van der Waals surface area (Å²) in [6.45, 7) is 2.36. The van der Waals surface area contributed by atoms with Crippen molar-refractivity contribution in [1.82, 2.24) is 14.7 Å². The Balaban J connectivity index is 1.06. The first-order valence-electron chi connectivity index (χ1n) is 14.3. The van der Waals surface area contributed by atoms with Crippen molar-refractivity contribution in [3.05, 3.63) is 52.4 Å². The van der Waals surface area contributed by atoms with E-state index in [1.54, 1.807) is 18.2 Å². The van der Waals surface area contributed by atoms with Gasteiger partial charge in [0.15, 0.2) is 0 Å². The maximum atomic E-state index is 13.0. The zero-order valence-electron chi connectivity index (χ0n) is 22.5. The molecule has 2 saturated carbocycles. The van der Waals surface area contributed by atoms with E-state index in [4.69, 9.17) is 15.6 Å². The predicted molar refractivity (Wildman–Crippen MR) is 148 cm³/mol. The number of benzene rings is 1. The molecule has 4 aliphatic rings. The SMILES string of the molecule is NC(=O)C(CCC=O)N1C(=O)c2ccc(NCC3CC(n4cc(C=C5CCOCC5)c(C5CC5)n4)C3)cc2C1=O. The molecule has 3 N–H and O–H groups in total. The van der Waals surface area contributed by atoms with E-state index in [0.29, 0.717) is 24.2 Å². The summed E-state index contributed by atoms with van der Waals surface area (Å²) in [5, 5.41) is 8.43. The molecule has 3 heterocycles. The Bertz CT molecular complexity index is 1360. The Kier molecular flexibility index (Phi) is 7.27. The Morgan fingerprint density at radius 1 is 1.15 bits per heavy atom. The first kappa shape index (κ1) is 26.4. The fourth-order valence-electron chi connectivity index (χ4n) is 6.01. The van der Waals surface area contributed by atoms with E-state index < -0.39 is 23.8 Å². The van der Waals surface area contributed by atoms with Crippen LogP contribution in [0.25, 0.3) is 6.08 Å². The van der Waals surface area contributed by atoms with Gasteiger partial charge in [-0.1, -0.05) is 11.6 Å². The van der Waals surface area contributed by atoms with Crippen molar-refractivity contribution in [2.24, 2.45) is 11.7 Å². The number of hydrogen-bond acceptors (Lipinski definition) is 7. The number of anilines is 1. The van der Waals surface area contributed by atoms with E-state index in [1.807, 2.05) is 0 Å². The number of imide groups is 1. The summed E-state index contributed by atoms with van der Waals surface area (Å²) in [5.41, 5.74) is 10.7. The van der Waals surface area contributed by atoms with Gasteiger partial charge in [-0.15, -0.1) is 0 Å². The highest BCUT2D eigenvalue weighted by Crippen LogP contribution is 2.44. The first-order chi connectivity index (χ1) is 19.4. The molecule has 0 spiro atoms. The van der Waals surface area contributed by atoms with E-state index in [9.17, 15) is 19.2 Å². The summed E-state index contributed by atoms with van der Waals surface area (Å²) >= 11 is 0. The Morgan fingerprint density at radius 3 is 2.60 bits per heavy atom. The van der Waals surface area contributed by atoms with Crippen LogP contribution in [0.2, 0.25) is 0 Å². The molecular weight excluding hydrogens is 510 g/mol. The van der Waals surface area contributed by atoms with Crippen LogP contribution >= 0.6 is 0 Å². The predicted octanol–water partition coefficient (Wildman–Crippen LogP) is 3.45. The number of rotatable bonds is 11. The van der Waals surface area contributed by atoms with E-state index in [0.717, 1.165) is 56.0 Å². The second kappa shape index (κ2) is 11.0. The third-order valence-corrected chi connectivity index (χ3v) is 8.54. The van der Waals surface area contributed by atoms with E-state index in [2.05, 4.69) is 22.3 Å². The lowest BCUT2D eigenvalue weighted by Gasteiger charge is -2.35. The summed E-state index contributed by atoms with van der Waals surface area (Å²) in [5.74, 6) is -0.846. The number of amides is 3. The topological polar surface area (TPSA) is 137 Å². The monoisotopic (exact) mass is 545 g/mol. The van der Waals surface area contributed by atoms with E-state index in [1.165, 1.54) is 29.7 Å². The molecule has 3 fully saturated rings. The molecule has 40 heavy (non-hydrogen) atoms. The van der Waals surface area contributed by atoms with Crippen LogP contribution in [0.5, 0.6) is 0 Å². The van der Waals surface area contributed by atoms with Gasteiger partial charge in [-0.25, -0.2) is 0 Å². The fourth-order valence-corrected chi connectivity index (χ4v) is 6.01. The largest absolute Gasteiger partial charge is 0.385 e. The average Bonchev–Trinajstić information content (AvgIpc) is 3.65. The molecule has 10 nitrogen and oxygen atoms in total. The lowest BCUT2D eigenvalue weighted by molar-refractivity contribution is -0.122.